The fraction of sp³-hybridized carbons (Fsp3) is 0.257. The van der Waals surface area contributed by atoms with Crippen molar-refractivity contribution in [2.45, 2.75) is 33.6 Å². The number of phenolic OH excluding ortho intramolecular Hbond substituents is 1. The normalized spacial score (nSPS) is 11.1. The Kier molecular flexibility index (Phi) is 10.1. The number of anilines is 1. The molecule has 3 N–H and O–H groups in total. The number of hydrogen-bond acceptors (Lipinski definition) is 7. The third-order valence-electron chi connectivity index (χ3n) is 8.00. The molecule has 5 aromatic rings. The minimum Gasteiger partial charge on any atom is -0.508 e. The van der Waals surface area contributed by atoms with Crippen molar-refractivity contribution in [1.82, 2.24) is 15.2 Å². The zero-order chi connectivity index (χ0) is 33.0. The second-order valence-corrected chi connectivity index (χ2v) is 12.1. The van der Waals surface area contributed by atoms with E-state index in [0.29, 0.717) is 45.1 Å². The van der Waals surface area contributed by atoms with Gasteiger partial charge >= 0.3 is 5.63 Å². The van der Waals surface area contributed by atoms with Gasteiger partial charge in [0.2, 0.25) is 5.91 Å². The zero-order valence-electron chi connectivity index (χ0n) is 25.9. The number of fused-ring (bicyclic) bond motifs is 2. The number of nitrogens with zero attached hydrogens (tertiary/aromatic N) is 2. The van der Waals surface area contributed by atoms with Crippen molar-refractivity contribution < 1.29 is 23.9 Å². The summed E-state index contributed by atoms with van der Waals surface area (Å²) in [7, 11) is 0. The molecule has 0 radical (unpaired) electrons. The minimum absolute atomic E-state index is 0.000758. The highest BCUT2D eigenvalue weighted by atomic mass is 127. The number of amides is 2. The van der Waals surface area contributed by atoms with Crippen LogP contribution < -0.4 is 21.2 Å². The number of aromatic nitrogens is 1. The molecule has 2 aromatic heterocycles. The van der Waals surface area contributed by atoms with Gasteiger partial charge in [0.15, 0.2) is 0 Å². The van der Waals surface area contributed by atoms with Gasteiger partial charge in [-0.15, -0.1) is 0 Å². The fourth-order valence-electron chi connectivity index (χ4n) is 5.56. The van der Waals surface area contributed by atoms with Gasteiger partial charge in [-0.25, -0.2) is 4.79 Å². The van der Waals surface area contributed by atoms with Gasteiger partial charge in [-0.1, -0.05) is 0 Å². The second-order valence-electron chi connectivity index (χ2n) is 10.9. The molecule has 0 aliphatic rings. The van der Waals surface area contributed by atoms with Gasteiger partial charge in [-0.3, -0.25) is 19.0 Å². The average molecular weight is 735 g/mol. The Morgan fingerprint density at radius 1 is 0.935 bits per heavy atom. The fourth-order valence-corrected chi connectivity index (χ4v) is 5.92. The van der Waals surface area contributed by atoms with Gasteiger partial charge in [0, 0.05) is 63.5 Å². The van der Waals surface area contributed by atoms with Crippen LogP contribution in [0.4, 0.5) is 5.69 Å². The van der Waals surface area contributed by atoms with Gasteiger partial charge in [-0.05, 0) is 116 Å². The Labute approximate surface area is 279 Å². The van der Waals surface area contributed by atoms with Crippen molar-refractivity contribution >= 4 is 67.9 Å². The van der Waals surface area contributed by atoms with Gasteiger partial charge in [0.25, 0.3) is 11.8 Å². The van der Waals surface area contributed by atoms with Gasteiger partial charge < -0.3 is 25.1 Å². The third-order valence-corrected chi connectivity index (χ3v) is 8.72. The van der Waals surface area contributed by atoms with Crippen LogP contribution in [0.5, 0.6) is 5.75 Å². The van der Waals surface area contributed by atoms with Gasteiger partial charge in [-0.2, -0.15) is 0 Å². The van der Waals surface area contributed by atoms with Crippen LogP contribution in [0.15, 0.2) is 75.9 Å². The van der Waals surface area contributed by atoms with Crippen LogP contribution in [-0.4, -0.2) is 53.6 Å². The van der Waals surface area contributed by atoms with E-state index in [9.17, 15) is 24.3 Å². The van der Waals surface area contributed by atoms with Crippen LogP contribution in [0.3, 0.4) is 0 Å². The maximum Gasteiger partial charge on any atom is 0.349 e. The number of aromatic hydroxyl groups is 1. The molecule has 0 saturated carbocycles. The molecule has 10 nitrogen and oxygen atoms in total. The molecular formula is C35H35IN4O6. The van der Waals surface area contributed by atoms with Crippen LogP contribution >= 0.6 is 22.6 Å². The van der Waals surface area contributed by atoms with Crippen LogP contribution in [0.2, 0.25) is 0 Å². The second kappa shape index (κ2) is 14.2. The molecule has 238 valence electrons. The minimum atomic E-state index is -0.712. The highest BCUT2D eigenvalue weighted by Crippen LogP contribution is 2.30. The quantitative estimate of drug-likeness (QED) is 0.0944. The summed E-state index contributed by atoms with van der Waals surface area (Å²) < 4.78 is 8.04. The lowest BCUT2D eigenvalue weighted by atomic mass is 10.1. The average Bonchev–Trinajstić information content (AvgIpc) is 3.30. The lowest BCUT2D eigenvalue weighted by Gasteiger charge is -2.21. The largest absolute Gasteiger partial charge is 0.508 e. The number of halogens is 1. The number of rotatable bonds is 11. The van der Waals surface area contributed by atoms with E-state index < -0.39 is 11.5 Å². The number of benzene rings is 3. The topological polar surface area (TPSA) is 134 Å². The van der Waals surface area contributed by atoms with Crippen molar-refractivity contribution in [3.8, 4) is 5.75 Å². The van der Waals surface area contributed by atoms with Crippen molar-refractivity contribution in [2.75, 3.05) is 31.1 Å². The van der Waals surface area contributed by atoms with E-state index in [-0.39, 0.29) is 42.6 Å². The highest BCUT2D eigenvalue weighted by Gasteiger charge is 2.22. The van der Waals surface area contributed by atoms with Crippen molar-refractivity contribution in [3.05, 3.63) is 103 Å². The van der Waals surface area contributed by atoms with E-state index in [1.165, 1.54) is 12.1 Å². The van der Waals surface area contributed by atoms with Crippen molar-refractivity contribution in [2.24, 2.45) is 0 Å². The molecule has 0 atom stereocenters. The third kappa shape index (κ3) is 6.94. The molecule has 0 bridgehead atoms. The molecule has 3 aromatic carbocycles. The van der Waals surface area contributed by atoms with Crippen LogP contribution in [-0.2, 0) is 11.2 Å². The maximum atomic E-state index is 13.5. The summed E-state index contributed by atoms with van der Waals surface area (Å²) in [6.45, 7) is 8.03. The first-order valence-electron chi connectivity index (χ1n) is 15.1. The van der Waals surface area contributed by atoms with Crippen molar-refractivity contribution in [3.63, 3.8) is 0 Å². The lowest BCUT2D eigenvalue weighted by molar-refractivity contribution is -0.120. The van der Waals surface area contributed by atoms with E-state index in [1.807, 2.05) is 38.1 Å². The Morgan fingerprint density at radius 2 is 1.65 bits per heavy atom. The molecule has 5 rings (SSSR count). The predicted molar refractivity (Wildman–Crippen MR) is 187 cm³/mol. The first-order valence-corrected chi connectivity index (χ1v) is 16.2. The highest BCUT2D eigenvalue weighted by molar-refractivity contribution is 14.1. The molecule has 0 saturated heterocycles. The summed E-state index contributed by atoms with van der Waals surface area (Å²) in [5.41, 5.74) is 2.94. The molecular weight excluding hydrogens is 699 g/mol. The van der Waals surface area contributed by atoms with E-state index in [2.05, 4.69) is 38.1 Å². The smallest absolute Gasteiger partial charge is 0.349 e. The molecule has 0 spiro atoms. The Bertz CT molecular complexity index is 1990. The van der Waals surface area contributed by atoms with Crippen LogP contribution in [0, 0.1) is 10.5 Å². The standard InChI is InChI=1S/C35H35IN4O6/c1-4-39(5-2)25-12-9-23-17-29(35(45)46-31(23)18-25)33(43)38-16-6-15-37-32(42)20-27-21(3)40(30-14-13-26(41)19-28(27)30)34(44)22-7-10-24(36)11-8-22/h7-14,17-19,41H,4-6,15-16,20H2,1-3H3,(H,37,42)(H,38,43). The molecule has 46 heavy (non-hydrogen) atoms. The predicted octanol–water partition coefficient (Wildman–Crippen LogP) is 5.38. The van der Waals surface area contributed by atoms with Crippen LogP contribution in [0.1, 0.15) is 52.2 Å². The molecule has 0 unspecified atom stereocenters. The summed E-state index contributed by atoms with van der Waals surface area (Å²) >= 11 is 2.18. The molecule has 2 amide bonds. The summed E-state index contributed by atoms with van der Waals surface area (Å²) in [5, 5.41) is 17.0. The summed E-state index contributed by atoms with van der Waals surface area (Å²) in [5.74, 6) is -1.00. The van der Waals surface area contributed by atoms with E-state index in [0.717, 1.165) is 22.3 Å². The van der Waals surface area contributed by atoms with Gasteiger partial charge in [0.1, 0.15) is 16.9 Å². The zero-order valence-corrected chi connectivity index (χ0v) is 28.0. The first-order chi connectivity index (χ1) is 22.1. The first kappa shape index (κ1) is 32.7. The molecule has 0 fully saturated rings. The van der Waals surface area contributed by atoms with E-state index in [1.54, 1.807) is 41.8 Å². The number of carbonyl (C=O) groups is 3. The number of nitrogens with one attached hydrogen (secondary N) is 2. The molecule has 2 heterocycles. The SMILES string of the molecule is CCN(CC)c1ccc2cc(C(=O)NCCCNC(=O)Cc3c(C)n(C(=O)c4ccc(I)cc4)c4ccc(O)cc34)c(=O)oc2c1. The lowest BCUT2D eigenvalue weighted by Crippen LogP contribution is -2.32. The number of hydrogen-bond donors (Lipinski definition) is 3. The van der Waals surface area contributed by atoms with E-state index >= 15 is 0 Å². The maximum absolute atomic E-state index is 13.5. The number of carbonyl (C=O) groups excluding carboxylic acids is 3. The van der Waals surface area contributed by atoms with Crippen molar-refractivity contribution in [1.29, 1.82) is 0 Å². The Morgan fingerprint density at radius 3 is 2.37 bits per heavy atom. The monoisotopic (exact) mass is 734 g/mol. The summed E-state index contributed by atoms with van der Waals surface area (Å²) in [6.07, 6.45) is 0.426. The Hall–Kier alpha value is -4.65. The summed E-state index contributed by atoms with van der Waals surface area (Å²) in [4.78, 5) is 53.9. The van der Waals surface area contributed by atoms with E-state index in [4.69, 9.17) is 4.42 Å². The van der Waals surface area contributed by atoms with Gasteiger partial charge in [0.05, 0.1) is 11.9 Å². The molecule has 0 aliphatic heterocycles. The molecule has 0 aliphatic carbocycles. The van der Waals surface area contributed by atoms with Crippen LogP contribution in [0.25, 0.3) is 21.9 Å². The number of phenols is 1. The summed E-state index contributed by atoms with van der Waals surface area (Å²) in [6, 6.07) is 19.1. The molecule has 11 heteroatoms. The Balaban J connectivity index is 1.19.